The van der Waals surface area contributed by atoms with Crippen molar-refractivity contribution in [2.24, 2.45) is 0 Å². The van der Waals surface area contributed by atoms with Gasteiger partial charge in [0, 0.05) is 28.7 Å². The summed E-state index contributed by atoms with van der Waals surface area (Å²) in [6.07, 6.45) is 1.32. The summed E-state index contributed by atoms with van der Waals surface area (Å²) in [6.45, 7) is 1.26. The molecule has 1 atom stereocenters. The van der Waals surface area contributed by atoms with Gasteiger partial charge in [-0.3, -0.25) is 13.9 Å². The van der Waals surface area contributed by atoms with Crippen LogP contribution in [0, 0.1) is 0 Å². The summed E-state index contributed by atoms with van der Waals surface area (Å²) in [5, 5.41) is 3.74. The fourth-order valence-electron chi connectivity index (χ4n) is 3.14. The number of amides is 2. The molecule has 0 aliphatic rings. The first-order chi connectivity index (χ1) is 15.0. The van der Waals surface area contributed by atoms with Gasteiger partial charge in [0.25, 0.3) is 0 Å². The molecule has 0 heterocycles. The Bertz CT molecular complexity index is 1080. The van der Waals surface area contributed by atoms with Crippen LogP contribution in [0.4, 0.5) is 5.69 Å². The van der Waals surface area contributed by atoms with Gasteiger partial charge in [0.2, 0.25) is 21.8 Å². The molecule has 2 aromatic carbocycles. The highest BCUT2D eigenvalue weighted by molar-refractivity contribution is 7.92. The van der Waals surface area contributed by atoms with Crippen LogP contribution >= 0.6 is 34.8 Å². The van der Waals surface area contributed by atoms with Gasteiger partial charge in [-0.05, 0) is 48.4 Å². The lowest BCUT2D eigenvalue weighted by atomic mass is 10.1. The van der Waals surface area contributed by atoms with Crippen LogP contribution in [-0.2, 0) is 26.2 Å². The molecule has 11 heteroatoms. The highest BCUT2D eigenvalue weighted by atomic mass is 35.5. The van der Waals surface area contributed by atoms with Crippen molar-refractivity contribution in [1.29, 1.82) is 0 Å². The third-order valence-electron chi connectivity index (χ3n) is 4.78. The van der Waals surface area contributed by atoms with Crippen LogP contribution in [0.1, 0.15) is 18.9 Å². The van der Waals surface area contributed by atoms with E-state index < -0.39 is 28.5 Å². The summed E-state index contributed by atoms with van der Waals surface area (Å²) >= 11 is 18.2. The van der Waals surface area contributed by atoms with E-state index in [2.05, 4.69) is 5.32 Å². The first-order valence-corrected chi connectivity index (χ1v) is 12.6. The Morgan fingerprint density at radius 1 is 1.03 bits per heavy atom. The lowest BCUT2D eigenvalue weighted by molar-refractivity contribution is -0.140. The smallest absolute Gasteiger partial charge is 0.244 e. The Kier molecular flexibility index (Phi) is 9.21. The Morgan fingerprint density at radius 3 is 2.12 bits per heavy atom. The van der Waals surface area contributed by atoms with Gasteiger partial charge < -0.3 is 10.2 Å². The highest BCUT2D eigenvalue weighted by Gasteiger charge is 2.31. The molecule has 2 amide bonds. The molecule has 2 aromatic rings. The number of hydrogen-bond donors (Lipinski definition) is 1. The first kappa shape index (κ1) is 26.3. The average molecular weight is 521 g/mol. The highest BCUT2D eigenvalue weighted by Crippen LogP contribution is 2.25. The third kappa shape index (κ3) is 6.75. The Morgan fingerprint density at radius 2 is 1.62 bits per heavy atom. The number of anilines is 1. The molecule has 7 nitrogen and oxygen atoms in total. The van der Waals surface area contributed by atoms with E-state index >= 15 is 0 Å². The van der Waals surface area contributed by atoms with Gasteiger partial charge in [-0.15, -0.1) is 0 Å². The van der Waals surface area contributed by atoms with E-state index in [9.17, 15) is 18.0 Å². The lowest BCUT2D eigenvalue weighted by Crippen LogP contribution is -2.51. The molecule has 0 unspecified atom stereocenters. The van der Waals surface area contributed by atoms with Crippen LogP contribution < -0.4 is 9.62 Å². The van der Waals surface area contributed by atoms with Crippen molar-refractivity contribution in [2.45, 2.75) is 25.9 Å². The normalized spacial score (nSPS) is 12.2. The maximum absolute atomic E-state index is 13.4. The molecular formula is C21H24Cl3N3O4S. The van der Waals surface area contributed by atoms with Crippen molar-refractivity contribution < 1.29 is 18.0 Å². The molecule has 0 spiro atoms. The topological polar surface area (TPSA) is 86.8 Å². The van der Waals surface area contributed by atoms with Crippen molar-refractivity contribution in [3.05, 3.63) is 63.1 Å². The van der Waals surface area contributed by atoms with E-state index in [1.54, 1.807) is 25.1 Å². The van der Waals surface area contributed by atoms with Gasteiger partial charge in [-0.2, -0.15) is 0 Å². The zero-order valence-electron chi connectivity index (χ0n) is 17.8. The van der Waals surface area contributed by atoms with Crippen LogP contribution in [0.25, 0.3) is 0 Å². The predicted molar refractivity (Wildman–Crippen MR) is 129 cm³/mol. The summed E-state index contributed by atoms with van der Waals surface area (Å²) < 4.78 is 25.9. The van der Waals surface area contributed by atoms with E-state index in [1.165, 1.54) is 36.2 Å². The van der Waals surface area contributed by atoms with Gasteiger partial charge in [-0.25, -0.2) is 8.42 Å². The molecule has 174 valence electrons. The number of benzene rings is 2. The first-order valence-electron chi connectivity index (χ1n) is 9.66. The van der Waals surface area contributed by atoms with Gasteiger partial charge in [0.15, 0.2) is 0 Å². The number of likely N-dealkylation sites (N-methyl/N-ethyl adjacent to an activating group) is 1. The summed E-state index contributed by atoms with van der Waals surface area (Å²) in [5.41, 5.74) is 0.854. The summed E-state index contributed by atoms with van der Waals surface area (Å²) in [7, 11) is -2.33. The van der Waals surface area contributed by atoms with Gasteiger partial charge >= 0.3 is 0 Å². The number of sulfonamides is 1. The molecule has 0 fully saturated rings. The molecule has 0 aliphatic carbocycles. The fraction of sp³-hybridized carbons (Fsp3) is 0.333. The van der Waals surface area contributed by atoms with Gasteiger partial charge in [-0.1, -0.05) is 47.8 Å². The zero-order chi connectivity index (χ0) is 24.1. The van der Waals surface area contributed by atoms with Gasteiger partial charge in [0.1, 0.15) is 12.6 Å². The molecule has 2 rings (SSSR count). The largest absolute Gasteiger partial charge is 0.357 e. The summed E-state index contributed by atoms with van der Waals surface area (Å²) in [6, 6.07) is 10.1. The number of carbonyl (C=O) groups excluding carboxylic acids is 2. The molecule has 0 saturated carbocycles. The molecule has 32 heavy (non-hydrogen) atoms. The predicted octanol–water partition coefficient (Wildman–Crippen LogP) is 3.97. The van der Waals surface area contributed by atoms with Crippen LogP contribution in [-0.4, -0.2) is 51.0 Å². The van der Waals surface area contributed by atoms with Crippen molar-refractivity contribution in [1.82, 2.24) is 10.2 Å². The number of nitrogens with zero attached hydrogens (tertiary/aromatic N) is 2. The second-order valence-electron chi connectivity index (χ2n) is 7.04. The van der Waals surface area contributed by atoms with Crippen molar-refractivity contribution in [3.63, 3.8) is 0 Å². The monoisotopic (exact) mass is 519 g/mol. The molecule has 0 radical (unpaired) electrons. The maximum atomic E-state index is 13.4. The maximum Gasteiger partial charge on any atom is 0.244 e. The van der Waals surface area contributed by atoms with Gasteiger partial charge in [0.05, 0.1) is 11.9 Å². The van der Waals surface area contributed by atoms with Crippen LogP contribution in [0.3, 0.4) is 0 Å². The van der Waals surface area contributed by atoms with E-state index in [-0.39, 0.29) is 18.1 Å². The molecule has 0 aliphatic heterocycles. The summed E-state index contributed by atoms with van der Waals surface area (Å²) in [5.74, 6) is -0.935. The lowest BCUT2D eigenvalue weighted by Gasteiger charge is -2.32. The van der Waals surface area contributed by atoms with Crippen molar-refractivity contribution in [3.8, 4) is 0 Å². The SMILES string of the molecule is CC[C@H](C(=O)NC)N(Cc1ccc(Cl)cc1Cl)C(=O)CN(c1ccc(Cl)cc1)S(C)(=O)=O. The second-order valence-corrected chi connectivity index (χ2v) is 10.2. The van der Waals surface area contributed by atoms with Crippen molar-refractivity contribution >= 4 is 62.3 Å². The fourth-order valence-corrected chi connectivity index (χ4v) is 4.58. The molecule has 1 N–H and O–H groups in total. The Labute approximate surface area is 203 Å². The van der Waals surface area contributed by atoms with Crippen LogP contribution in [0.2, 0.25) is 15.1 Å². The minimum atomic E-state index is -3.81. The van der Waals surface area contributed by atoms with E-state index in [1.807, 2.05) is 0 Å². The molecular weight excluding hydrogens is 497 g/mol. The molecule has 0 bridgehead atoms. The number of halogens is 3. The zero-order valence-corrected chi connectivity index (χ0v) is 20.9. The van der Waals surface area contributed by atoms with E-state index in [4.69, 9.17) is 34.8 Å². The number of carbonyl (C=O) groups is 2. The molecule has 0 aromatic heterocycles. The minimum Gasteiger partial charge on any atom is -0.357 e. The third-order valence-corrected chi connectivity index (χ3v) is 6.76. The van der Waals surface area contributed by atoms with E-state index in [0.29, 0.717) is 27.1 Å². The molecule has 0 saturated heterocycles. The average Bonchev–Trinajstić information content (AvgIpc) is 2.73. The Balaban J connectivity index is 2.44. The standard InChI is InChI=1S/C21H24Cl3N3O4S/c1-4-19(21(29)25-2)26(12-14-5-6-16(23)11-18(14)24)20(28)13-27(32(3,30)31)17-9-7-15(22)8-10-17/h5-11,19H,4,12-13H2,1-3H3,(H,25,29)/t19-/m1/s1. The Hall–Kier alpha value is -2.00. The second kappa shape index (κ2) is 11.2. The van der Waals surface area contributed by atoms with Crippen LogP contribution in [0.15, 0.2) is 42.5 Å². The summed E-state index contributed by atoms with van der Waals surface area (Å²) in [4.78, 5) is 27.2. The van der Waals surface area contributed by atoms with E-state index in [0.717, 1.165) is 10.6 Å². The quantitative estimate of drug-likeness (QED) is 0.542. The number of nitrogens with one attached hydrogen (secondary N) is 1. The minimum absolute atomic E-state index is 0.00101. The van der Waals surface area contributed by atoms with Crippen molar-refractivity contribution in [2.75, 3.05) is 24.2 Å². The number of rotatable bonds is 9. The van der Waals surface area contributed by atoms with Crippen LogP contribution in [0.5, 0.6) is 0 Å². The number of hydrogen-bond acceptors (Lipinski definition) is 4.